The first kappa shape index (κ1) is 16.7. The summed E-state index contributed by atoms with van der Waals surface area (Å²) in [5.74, 6) is 0.714. The van der Waals surface area contributed by atoms with Crippen LogP contribution < -0.4 is 5.32 Å². The SMILES string of the molecule is C/C(=C/CCNCC(C)C)Cc1ccc(Br)cc1Cl. The maximum Gasteiger partial charge on any atom is 0.0452 e. The normalized spacial score (nSPS) is 12.2. The molecule has 0 atom stereocenters. The van der Waals surface area contributed by atoms with Crippen LogP contribution in [0.3, 0.4) is 0 Å². The summed E-state index contributed by atoms with van der Waals surface area (Å²) in [6.07, 6.45) is 4.30. The molecule has 106 valence electrons. The molecule has 0 aromatic heterocycles. The van der Waals surface area contributed by atoms with Crippen molar-refractivity contribution in [2.24, 2.45) is 5.92 Å². The van der Waals surface area contributed by atoms with E-state index in [1.54, 1.807) is 0 Å². The highest BCUT2D eigenvalue weighted by molar-refractivity contribution is 9.10. The third kappa shape index (κ3) is 7.14. The number of rotatable bonds is 7. The molecule has 1 nitrogen and oxygen atoms in total. The molecule has 0 saturated carbocycles. The van der Waals surface area contributed by atoms with Gasteiger partial charge in [-0.05, 0) is 56.5 Å². The number of nitrogens with one attached hydrogen (secondary N) is 1. The first-order valence-corrected chi connectivity index (χ1v) is 7.96. The van der Waals surface area contributed by atoms with Gasteiger partial charge in [-0.2, -0.15) is 0 Å². The molecule has 0 amide bonds. The zero-order valence-corrected chi connectivity index (χ0v) is 14.3. The lowest BCUT2D eigenvalue weighted by Crippen LogP contribution is -2.20. The largest absolute Gasteiger partial charge is 0.316 e. The van der Waals surface area contributed by atoms with E-state index in [2.05, 4.69) is 54.2 Å². The number of halogens is 2. The summed E-state index contributed by atoms with van der Waals surface area (Å²) in [6, 6.07) is 6.08. The Morgan fingerprint density at radius 1 is 1.42 bits per heavy atom. The van der Waals surface area contributed by atoms with E-state index in [0.717, 1.165) is 35.4 Å². The molecule has 0 aliphatic rings. The van der Waals surface area contributed by atoms with E-state index >= 15 is 0 Å². The first-order chi connectivity index (χ1) is 8.99. The monoisotopic (exact) mass is 343 g/mol. The first-order valence-electron chi connectivity index (χ1n) is 6.79. The van der Waals surface area contributed by atoms with E-state index in [4.69, 9.17) is 11.6 Å². The van der Waals surface area contributed by atoms with E-state index in [1.807, 2.05) is 12.1 Å². The second kappa shape index (κ2) is 8.78. The van der Waals surface area contributed by atoms with Crippen molar-refractivity contribution in [3.05, 3.63) is 44.9 Å². The minimum absolute atomic E-state index is 0.714. The predicted molar refractivity (Wildman–Crippen MR) is 88.9 cm³/mol. The van der Waals surface area contributed by atoms with Crippen LogP contribution >= 0.6 is 27.5 Å². The summed E-state index contributed by atoms with van der Waals surface area (Å²) in [4.78, 5) is 0. The molecule has 1 aromatic rings. The number of hydrogen-bond donors (Lipinski definition) is 1. The van der Waals surface area contributed by atoms with Gasteiger partial charge in [-0.1, -0.05) is 59.1 Å². The van der Waals surface area contributed by atoms with E-state index in [1.165, 1.54) is 11.1 Å². The van der Waals surface area contributed by atoms with Gasteiger partial charge in [0.1, 0.15) is 0 Å². The molecule has 0 unspecified atom stereocenters. The molecule has 0 bridgehead atoms. The Labute approximate surface area is 130 Å². The molecule has 1 aromatic carbocycles. The molecule has 0 saturated heterocycles. The lowest BCUT2D eigenvalue weighted by atomic mass is 10.1. The smallest absolute Gasteiger partial charge is 0.0452 e. The summed E-state index contributed by atoms with van der Waals surface area (Å²) in [7, 11) is 0. The quantitative estimate of drug-likeness (QED) is 0.527. The van der Waals surface area contributed by atoms with Gasteiger partial charge in [-0.25, -0.2) is 0 Å². The second-order valence-corrected chi connectivity index (χ2v) is 6.67. The fraction of sp³-hybridized carbons (Fsp3) is 0.500. The van der Waals surface area contributed by atoms with Crippen molar-refractivity contribution in [2.75, 3.05) is 13.1 Å². The highest BCUT2D eigenvalue weighted by Gasteiger charge is 2.01. The van der Waals surface area contributed by atoms with Crippen LogP contribution in [0.1, 0.15) is 32.8 Å². The third-order valence-corrected chi connectivity index (χ3v) is 3.70. The molecule has 0 radical (unpaired) electrons. The molecule has 0 fully saturated rings. The van der Waals surface area contributed by atoms with Crippen molar-refractivity contribution in [1.29, 1.82) is 0 Å². The van der Waals surface area contributed by atoms with Gasteiger partial charge in [0.15, 0.2) is 0 Å². The van der Waals surface area contributed by atoms with Crippen LogP contribution in [0.25, 0.3) is 0 Å². The fourth-order valence-electron chi connectivity index (χ4n) is 1.85. The summed E-state index contributed by atoms with van der Waals surface area (Å²) < 4.78 is 1.03. The average Bonchev–Trinajstić information content (AvgIpc) is 2.32. The number of benzene rings is 1. The molecule has 0 aliphatic carbocycles. The highest BCUT2D eigenvalue weighted by atomic mass is 79.9. The zero-order chi connectivity index (χ0) is 14.3. The Bertz CT molecular complexity index is 427. The average molecular weight is 345 g/mol. The molecule has 0 aliphatic heterocycles. The van der Waals surface area contributed by atoms with Crippen molar-refractivity contribution < 1.29 is 0 Å². The fourth-order valence-corrected chi connectivity index (χ4v) is 2.59. The predicted octanol–water partition coefficient (Wildman–Crippen LogP) is 5.23. The van der Waals surface area contributed by atoms with E-state index in [-0.39, 0.29) is 0 Å². The van der Waals surface area contributed by atoms with Crippen LogP contribution in [0.15, 0.2) is 34.3 Å². The van der Waals surface area contributed by atoms with Gasteiger partial charge >= 0.3 is 0 Å². The highest BCUT2D eigenvalue weighted by Crippen LogP contribution is 2.23. The van der Waals surface area contributed by atoms with Crippen molar-refractivity contribution in [2.45, 2.75) is 33.6 Å². The maximum absolute atomic E-state index is 6.22. The van der Waals surface area contributed by atoms with Gasteiger partial charge in [0.25, 0.3) is 0 Å². The van der Waals surface area contributed by atoms with Crippen molar-refractivity contribution in [3.63, 3.8) is 0 Å². The molecule has 19 heavy (non-hydrogen) atoms. The summed E-state index contributed by atoms with van der Waals surface area (Å²) >= 11 is 9.65. The van der Waals surface area contributed by atoms with Crippen LogP contribution in [0, 0.1) is 5.92 Å². The van der Waals surface area contributed by atoms with Gasteiger partial charge in [0.2, 0.25) is 0 Å². The van der Waals surface area contributed by atoms with Gasteiger partial charge in [-0.3, -0.25) is 0 Å². The van der Waals surface area contributed by atoms with Gasteiger partial charge in [0.05, 0.1) is 0 Å². The summed E-state index contributed by atoms with van der Waals surface area (Å²) in [5, 5.41) is 4.28. The topological polar surface area (TPSA) is 12.0 Å². The van der Waals surface area contributed by atoms with Crippen molar-refractivity contribution >= 4 is 27.5 Å². The third-order valence-electron chi connectivity index (χ3n) is 2.85. The van der Waals surface area contributed by atoms with Gasteiger partial charge in [-0.15, -0.1) is 0 Å². The molecular weight excluding hydrogens is 322 g/mol. The Morgan fingerprint density at radius 3 is 2.79 bits per heavy atom. The minimum Gasteiger partial charge on any atom is -0.316 e. The van der Waals surface area contributed by atoms with Crippen LogP contribution in [-0.4, -0.2) is 13.1 Å². The lowest BCUT2D eigenvalue weighted by molar-refractivity contribution is 0.556. The van der Waals surface area contributed by atoms with Crippen molar-refractivity contribution in [1.82, 2.24) is 5.32 Å². The molecular formula is C16H23BrClN. The molecule has 1 rings (SSSR count). The van der Waals surface area contributed by atoms with Crippen molar-refractivity contribution in [3.8, 4) is 0 Å². The Balaban J connectivity index is 2.39. The number of allylic oxidation sites excluding steroid dienone is 1. The van der Waals surface area contributed by atoms with Crippen LogP contribution in [0.2, 0.25) is 5.02 Å². The van der Waals surface area contributed by atoms with E-state index in [9.17, 15) is 0 Å². The lowest BCUT2D eigenvalue weighted by Gasteiger charge is -2.07. The van der Waals surface area contributed by atoms with Crippen LogP contribution in [-0.2, 0) is 6.42 Å². The maximum atomic E-state index is 6.22. The second-order valence-electron chi connectivity index (χ2n) is 5.35. The van der Waals surface area contributed by atoms with Crippen LogP contribution in [0.5, 0.6) is 0 Å². The van der Waals surface area contributed by atoms with Gasteiger partial charge in [0, 0.05) is 9.50 Å². The Kier molecular flexibility index (Phi) is 7.74. The molecule has 0 spiro atoms. The van der Waals surface area contributed by atoms with E-state index in [0.29, 0.717) is 5.92 Å². The Morgan fingerprint density at radius 2 is 2.16 bits per heavy atom. The van der Waals surface area contributed by atoms with Gasteiger partial charge < -0.3 is 5.32 Å². The molecule has 1 N–H and O–H groups in total. The standard InChI is InChI=1S/C16H23BrClN/c1-12(2)11-19-8-4-5-13(3)9-14-6-7-15(17)10-16(14)18/h5-7,10,12,19H,4,8-9,11H2,1-3H3/b13-5-. The summed E-state index contributed by atoms with van der Waals surface area (Å²) in [5.41, 5.74) is 2.56. The number of hydrogen-bond acceptors (Lipinski definition) is 1. The van der Waals surface area contributed by atoms with E-state index < -0.39 is 0 Å². The zero-order valence-electron chi connectivity index (χ0n) is 12.0. The van der Waals surface area contributed by atoms with Crippen LogP contribution in [0.4, 0.5) is 0 Å². The summed E-state index contributed by atoms with van der Waals surface area (Å²) in [6.45, 7) is 8.75. The molecule has 3 heteroatoms. The molecule has 0 heterocycles. The Hall–Kier alpha value is -0.310. The minimum atomic E-state index is 0.714.